The van der Waals surface area contributed by atoms with Crippen LogP contribution >= 0.6 is 0 Å². The Morgan fingerprint density at radius 2 is 1.96 bits per heavy atom. The number of sulfonamides is 1. The smallest absolute Gasteiger partial charge is 0.256 e. The number of rotatable bonds is 6. The number of hydrogen-bond donors (Lipinski definition) is 1. The van der Waals surface area contributed by atoms with Gasteiger partial charge in [-0.1, -0.05) is 30.3 Å². The van der Waals surface area contributed by atoms with E-state index in [0.717, 1.165) is 5.56 Å². The van der Waals surface area contributed by atoms with Crippen molar-refractivity contribution in [2.24, 2.45) is 0 Å². The van der Waals surface area contributed by atoms with Gasteiger partial charge in [-0.2, -0.15) is 0 Å². The first kappa shape index (κ1) is 17.9. The van der Waals surface area contributed by atoms with E-state index in [0.29, 0.717) is 13.0 Å². The molecule has 0 saturated carbocycles. The van der Waals surface area contributed by atoms with Crippen molar-refractivity contribution < 1.29 is 17.9 Å². The predicted octanol–water partition coefficient (Wildman–Crippen LogP) is 1.30. The Morgan fingerprint density at radius 1 is 1.30 bits per heavy atom. The summed E-state index contributed by atoms with van der Waals surface area (Å²) in [7, 11) is -1.92. The number of likely N-dealkylation sites (tertiary alicyclic amines) is 1. The van der Waals surface area contributed by atoms with E-state index in [-0.39, 0.29) is 18.5 Å². The second-order valence-electron chi connectivity index (χ2n) is 6.04. The van der Waals surface area contributed by atoms with Gasteiger partial charge in [0.05, 0.1) is 5.25 Å². The zero-order chi connectivity index (χ0) is 17.0. The maximum absolute atomic E-state index is 12.7. The van der Waals surface area contributed by atoms with E-state index in [1.807, 2.05) is 30.3 Å². The second kappa shape index (κ2) is 7.42. The van der Waals surface area contributed by atoms with Crippen LogP contribution in [0.5, 0.6) is 0 Å². The molecule has 0 spiro atoms. The number of nitrogens with one attached hydrogen (secondary N) is 1. The molecule has 0 aromatic heterocycles. The summed E-state index contributed by atoms with van der Waals surface area (Å²) in [6.07, 6.45) is -0.255. The van der Waals surface area contributed by atoms with Gasteiger partial charge in [0.25, 0.3) is 5.91 Å². The number of ether oxygens (including phenoxy) is 1. The molecule has 0 radical (unpaired) electrons. The summed E-state index contributed by atoms with van der Waals surface area (Å²) in [6, 6.07) is 9.07. The molecule has 1 saturated heterocycles. The molecule has 1 aliphatic rings. The van der Waals surface area contributed by atoms with Gasteiger partial charge in [-0.15, -0.1) is 0 Å². The minimum Gasteiger partial charge on any atom is -0.367 e. The highest BCUT2D eigenvalue weighted by atomic mass is 32.2. The average molecular weight is 340 g/mol. The molecule has 1 fully saturated rings. The predicted molar refractivity (Wildman–Crippen MR) is 88.4 cm³/mol. The van der Waals surface area contributed by atoms with Crippen LogP contribution in [0, 0.1) is 0 Å². The summed E-state index contributed by atoms with van der Waals surface area (Å²) in [5, 5.41) is -0.567. The molecule has 23 heavy (non-hydrogen) atoms. The maximum atomic E-state index is 12.7. The van der Waals surface area contributed by atoms with E-state index in [1.165, 1.54) is 7.11 Å². The fourth-order valence-corrected chi connectivity index (χ4v) is 4.42. The number of carbonyl (C=O) groups excluding carboxylic acids is 1. The zero-order valence-electron chi connectivity index (χ0n) is 13.7. The van der Waals surface area contributed by atoms with Crippen molar-refractivity contribution in [2.45, 2.75) is 37.7 Å². The van der Waals surface area contributed by atoms with Crippen LogP contribution in [0.2, 0.25) is 0 Å². The van der Waals surface area contributed by atoms with Crippen LogP contribution in [0.1, 0.15) is 31.9 Å². The molecule has 2 atom stereocenters. The number of amides is 1. The fraction of sp³-hybridized carbons (Fsp3) is 0.562. The molecule has 7 heteroatoms. The third-order valence-corrected chi connectivity index (χ3v) is 5.92. The summed E-state index contributed by atoms with van der Waals surface area (Å²) in [6.45, 7) is 4.19. The van der Waals surface area contributed by atoms with Crippen molar-refractivity contribution >= 4 is 15.9 Å². The molecule has 0 aliphatic carbocycles. The van der Waals surface area contributed by atoms with E-state index in [9.17, 15) is 13.2 Å². The van der Waals surface area contributed by atoms with Crippen LogP contribution < -0.4 is 4.72 Å². The van der Waals surface area contributed by atoms with Gasteiger partial charge in [-0.05, 0) is 25.8 Å². The molecule has 1 unspecified atom stereocenters. The van der Waals surface area contributed by atoms with Crippen molar-refractivity contribution in [3.63, 3.8) is 0 Å². The third kappa shape index (κ3) is 4.31. The average Bonchev–Trinajstić information content (AvgIpc) is 2.98. The quantitative estimate of drug-likeness (QED) is 0.847. The van der Waals surface area contributed by atoms with E-state index in [2.05, 4.69) is 4.72 Å². The number of carbonyl (C=O) groups is 1. The first-order valence-electron chi connectivity index (χ1n) is 7.73. The topological polar surface area (TPSA) is 75.7 Å². The van der Waals surface area contributed by atoms with E-state index < -0.39 is 21.4 Å². The largest absolute Gasteiger partial charge is 0.367 e. The van der Waals surface area contributed by atoms with Crippen molar-refractivity contribution in [1.29, 1.82) is 0 Å². The van der Waals surface area contributed by atoms with Gasteiger partial charge in [0, 0.05) is 26.2 Å². The lowest BCUT2D eigenvalue weighted by Gasteiger charge is -2.23. The van der Waals surface area contributed by atoms with E-state index in [1.54, 1.807) is 18.7 Å². The molecule has 1 aromatic rings. The Kier molecular flexibility index (Phi) is 5.78. The van der Waals surface area contributed by atoms with Crippen LogP contribution in [0.25, 0.3) is 0 Å². The monoisotopic (exact) mass is 340 g/mol. The molecule has 1 aliphatic heterocycles. The van der Waals surface area contributed by atoms with Gasteiger partial charge in [0.1, 0.15) is 0 Å². The van der Waals surface area contributed by atoms with Gasteiger partial charge in [-0.3, -0.25) is 4.79 Å². The highest BCUT2D eigenvalue weighted by Crippen LogP contribution is 2.24. The van der Waals surface area contributed by atoms with Crippen molar-refractivity contribution in [3.05, 3.63) is 35.9 Å². The molecular weight excluding hydrogens is 316 g/mol. The zero-order valence-corrected chi connectivity index (χ0v) is 14.5. The molecule has 2 rings (SSSR count). The lowest BCUT2D eigenvalue weighted by atomic mass is 10.1. The fourth-order valence-electron chi connectivity index (χ4n) is 2.78. The number of hydrogen-bond acceptors (Lipinski definition) is 4. The second-order valence-corrected chi connectivity index (χ2v) is 8.03. The number of benzene rings is 1. The number of nitrogens with zero attached hydrogens (tertiary/aromatic N) is 1. The normalized spacial score (nSPS) is 20.0. The van der Waals surface area contributed by atoms with Gasteiger partial charge in [0.15, 0.2) is 6.10 Å². The minimum atomic E-state index is -3.41. The van der Waals surface area contributed by atoms with Crippen LogP contribution in [0.15, 0.2) is 30.3 Å². The SMILES string of the molecule is CO[C@@H](C(=O)N1CCC(S(=O)(=O)NC(C)C)C1)c1ccccc1. The first-order valence-corrected chi connectivity index (χ1v) is 9.27. The third-order valence-electron chi connectivity index (χ3n) is 3.86. The molecular formula is C16H24N2O4S. The number of methoxy groups -OCH3 is 1. The van der Waals surface area contributed by atoms with Gasteiger partial charge in [0.2, 0.25) is 10.0 Å². The molecule has 0 bridgehead atoms. The minimum absolute atomic E-state index is 0.152. The Balaban J connectivity index is 2.07. The maximum Gasteiger partial charge on any atom is 0.256 e. The summed E-state index contributed by atoms with van der Waals surface area (Å²) in [5.74, 6) is -0.194. The summed E-state index contributed by atoms with van der Waals surface area (Å²) < 4.78 is 32.4. The van der Waals surface area contributed by atoms with Crippen LogP contribution in [0.4, 0.5) is 0 Å². The molecule has 1 amide bonds. The van der Waals surface area contributed by atoms with Gasteiger partial charge < -0.3 is 9.64 Å². The van der Waals surface area contributed by atoms with Gasteiger partial charge >= 0.3 is 0 Å². The standard InChI is InChI=1S/C16H24N2O4S/c1-12(2)17-23(20,21)14-9-10-18(11-14)16(19)15(22-3)13-7-5-4-6-8-13/h4-8,12,14-15,17H,9-11H2,1-3H3/t14?,15-/m1/s1. The van der Waals surface area contributed by atoms with Crippen molar-refractivity contribution in [3.8, 4) is 0 Å². The summed E-state index contributed by atoms with van der Waals surface area (Å²) in [5.41, 5.74) is 0.770. The summed E-state index contributed by atoms with van der Waals surface area (Å²) >= 11 is 0. The highest BCUT2D eigenvalue weighted by molar-refractivity contribution is 7.90. The van der Waals surface area contributed by atoms with Crippen LogP contribution in [-0.2, 0) is 19.6 Å². The Bertz CT molecular complexity index is 631. The molecule has 1 heterocycles. The lowest BCUT2D eigenvalue weighted by molar-refractivity contribution is -0.141. The molecule has 1 aromatic carbocycles. The van der Waals surface area contributed by atoms with Crippen molar-refractivity contribution in [2.75, 3.05) is 20.2 Å². The Labute approximate surface area is 137 Å². The lowest BCUT2D eigenvalue weighted by Crippen LogP contribution is -2.41. The van der Waals surface area contributed by atoms with E-state index in [4.69, 9.17) is 4.74 Å². The summed E-state index contributed by atoms with van der Waals surface area (Å²) in [4.78, 5) is 14.2. The Hall–Kier alpha value is -1.44. The van der Waals surface area contributed by atoms with Gasteiger partial charge in [-0.25, -0.2) is 13.1 Å². The van der Waals surface area contributed by atoms with Crippen LogP contribution in [0.3, 0.4) is 0 Å². The van der Waals surface area contributed by atoms with Crippen molar-refractivity contribution in [1.82, 2.24) is 9.62 Å². The molecule has 6 nitrogen and oxygen atoms in total. The highest BCUT2D eigenvalue weighted by Gasteiger charge is 2.37. The van der Waals surface area contributed by atoms with E-state index >= 15 is 0 Å². The first-order chi connectivity index (χ1) is 10.8. The van der Waals surface area contributed by atoms with Crippen LogP contribution in [-0.4, -0.2) is 50.7 Å². The molecule has 1 N–H and O–H groups in total. The Morgan fingerprint density at radius 3 is 2.52 bits per heavy atom. The molecule has 128 valence electrons.